The average Bonchev–Trinajstić information content (AvgIpc) is 2.68. The molecule has 1 saturated heterocycles. The molecule has 0 saturated carbocycles. The number of nitrogens with zero attached hydrogens (tertiary/aromatic N) is 1. The Morgan fingerprint density at radius 3 is 2.61 bits per heavy atom. The second-order valence-corrected chi connectivity index (χ2v) is 5.26. The Labute approximate surface area is 107 Å². The third kappa shape index (κ3) is 2.40. The summed E-state index contributed by atoms with van der Waals surface area (Å²) in [6.07, 6.45) is 0. The zero-order chi connectivity index (χ0) is 13.2. The Kier molecular flexibility index (Phi) is 3.68. The molecule has 1 aliphatic heterocycles. The molecule has 4 nitrogen and oxygen atoms in total. The molecule has 0 spiro atoms. The molecule has 1 aromatic rings. The van der Waals surface area contributed by atoms with Crippen LogP contribution in [0.15, 0.2) is 30.3 Å². The van der Waals surface area contributed by atoms with Crippen LogP contribution in [0.3, 0.4) is 0 Å². The maximum Gasteiger partial charge on any atom is 0.311 e. The van der Waals surface area contributed by atoms with Crippen LogP contribution >= 0.6 is 0 Å². The van der Waals surface area contributed by atoms with Crippen LogP contribution in [-0.2, 0) is 11.3 Å². The standard InChI is InChI=1S/C14H19NO3/c1-14(13(17)18)10-15(8-12(14)9-16)7-11-5-3-2-4-6-11/h2-6,12,16H,7-10H2,1H3,(H,17,18)/t12-,14-/m1/s1. The van der Waals surface area contributed by atoms with E-state index in [0.717, 1.165) is 6.54 Å². The fraction of sp³-hybridized carbons (Fsp3) is 0.500. The first-order valence-corrected chi connectivity index (χ1v) is 6.17. The number of aliphatic carboxylic acids is 1. The van der Waals surface area contributed by atoms with Gasteiger partial charge in [-0.1, -0.05) is 30.3 Å². The summed E-state index contributed by atoms with van der Waals surface area (Å²) in [4.78, 5) is 13.5. The molecule has 0 aromatic heterocycles. The van der Waals surface area contributed by atoms with Crippen LogP contribution in [0.4, 0.5) is 0 Å². The third-order valence-corrected chi connectivity index (χ3v) is 3.89. The lowest BCUT2D eigenvalue weighted by Gasteiger charge is -2.24. The molecule has 0 unspecified atom stereocenters. The molecular formula is C14H19NO3. The van der Waals surface area contributed by atoms with Gasteiger partial charge in [-0.3, -0.25) is 9.69 Å². The highest BCUT2D eigenvalue weighted by molar-refractivity contribution is 5.75. The summed E-state index contributed by atoms with van der Waals surface area (Å²) in [5.74, 6) is -1.02. The lowest BCUT2D eigenvalue weighted by Crippen LogP contribution is -2.37. The second kappa shape index (κ2) is 5.08. The second-order valence-electron chi connectivity index (χ2n) is 5.26. The molecule has 4 heteroatoms. The van der Waals surface area contributed by atoms with Gasteiger partial charge in [0.2, 0.25) is 0 Å². The Hall–Kier alpha value is -1.39. The summed E-state index contributed by atoms with van der Waals surface area (Å²) < 4.78 is 0. The first-order valence-electron chi connectivity index (χ1n) is 6.17. The van der Waals surface area contributed by atoms with E-state index in [0.29, 0.717) is 13.1 Å². The number of carboxylic acid groups (broad SMARTS) is 1. The maximum atomic E-state index is 11.4. The monoisotopic (exact) mass is 249 g/mol. The molecule has 2 atom stereocenters. The van der Waals surface area contributed by atoms with Gasteiger partial charge in [-0.25, -0.2) is 0 Å². The average molecular weight is 249 g/mol. The first-order chi connectivity index (χ1) is 8.56. The van der Waals surface area contributed by atoms with Crippen molar-refractivity contribution in [1.29, 1.82) is 0 Å². The lowest BCUT2D eigenvalue weighted by molar-refractivity contribution is -0.150. The molecule has 0 aliphatic carbocycles. The summed E-state index contributed by atoms with van der Waals surface area (Å²) in [6.45, 7) is 3.51. The topological polar surface area (TPSA) is 60.8 Å². The first kappa shape index (κ1) is 13.1. The molecule has 0 bridgehead atoms. The molecule has 1 fully saturated rings. The van der Waals surface area contributed by atoms with Crippen LogP contribution < -0.4 is 0 Å². The Morgan fingerprint density at radius 1 is 1.44 bits per heavy atom. The van der Waals surface area contributed by atoms with Crippen LogP contribution in [0.1, 0.15) is 12.5 Å². The van der Waals surface area contributed by atoms with Gasteiger partial charge in [0.25, 0.3) is 0 Å². The maximum absolute atomic E-state index is 11.4. The number of carbonyl (C=O) groups is 1. The highest BCUT2D eigenvalue weighted by Gasteiger charge is 2.48. The molecular weight excluding hydrogens is 230 g/mol. The smallest absolute Gasteiger partial charge is 0.311 e. The summed E-state index contributed by atoms with van der Waals surface area (Å²) in [7, 11) is 0. The van der Waals surface area contributed by atoms with E-state index in [4.69, 9.17) is 0 Å². The van der Waals surface area contributed by atoms with Gasteiger partial charge in [0.05, 0.1) is 5.41 Å². The van der Waals surface area contributed by atoms with Crippen molar-refractivity contribution >= 4 is 5.97 Å². The summed E-state index contributed by atoms with van der Waals surface area (Å²) in [6, 6.07) is 9.98. The molecule has 1 aromatic carbocycles. The van der Waals surface area contributed by atoms with Gasteiger partial charge in [-0.2, -0.15) is 0 Å². The molecule has 0 radical (unpaired) electrons. The Morgan fingerprint density at radius 2 is 2.11 bits per heavy atom. The van der Waals surface area contributed by atoms with Crippen LogP contribution in [-0.4, -0.2) is 40.8 Å². The van der Waals surface area contributed by atoms with E-state index in [1.165, 1.54) is 5.56 Å². The Bertz CT molecular complexity index is 420. The van der Waals surface area contributed by atoms with Crippen molar-refractivity contribution in [2.45, 2.75) is 13.5 Å². The predicted octanol–water partition coefficient (Wildman–Crippen LogP) is 1.20. The van der Waals surface area contributed by atoms with E-state index >= 15 is 0 Å². The van der Waals surface area contributed by atoms with Crippen LogP contribution in [0, 0.1) is 11.3 Å². The number of carboxylic acids is 1. The molecule has 2 N–H and O–H groups in total. The molecule has 18 heavy (non-hydrogen) atoms. The van der Waals surface area contributed by atoms with Gasteiger partial charge in [0, 0.05) is 32.2 Å². The van der Waals surface area contributed by atoms with E-state index in [-0.39, 0.29) is 12.5 Å². The number of aliphatic hydroxyl groups excluding tert-OH is 1. The van der Waals surface area contributed by atoms with Crippen molar-refractivity contribution in [3.05, 3.63) is 35.9 Å². The quantitative estimate of drug-likeness (QED) is 0.842. The number of benzene rings is 1. The van der Waals surface area contributed by atoms with Crippen LogP contribution in [0.2, 0.25) is 0 Å². The number of rotatable bonds is 4. The van der Waals surface area contributed by atoms with Crippen molar-refractivity contribution in [2.24, 2.45) is 11.3 Å². The SMILES string of the molecule is C[C@@]1(C(=O)O)CN(Cc2ccccc2)C[C@@H]1CO. The van der Waals surface area contributed by atoms with Crippen molar-refractivity contribution in [1.82, 2.24) is 4.90 Å². The summed E-state index contributed by atoms with van der Waals surface area (Å²) >= 11 is 0. The van der Waals surface area contributed by atoms with E-state index in [2.05, 4.69) is 4.90 Å². The van der Waals surface area contributed by atoms with Crippen LogP contribution in [0.25, 0.3) is 0 Å². The summed E-state index contributed by atoms with van der Waals surface area (Å²) in [5, 5.41) is 18.7. The van der Waals surface area contributed by atoms with Crippen molar-refractivity contribution in [2.75, 3.05) is 19.7 Å². The minimum atomic E-state index is -0.844. The van der Waals surface area contributed by atoms with Crippen LogP contribution in [0.5, 0.6) is 0 Å². The molecule has 2 rings (SSSR count). The van der Waals surface area contributed by atoms with E-state index in [1.54, 1.807) is 6.92 Å². The third-order valence-electron chi connectivity index (χ3n) is 3.89. The fourth-order valence-electron chi connectivity index (χ4n) is 2.63. The van der Waals surface area contributed by atoms with Gasteiger partial charge in [-0.15, -0.1) is 0 Å². The summed E-state index contributed by atoms with van der Waals surface area (Å²) in [5.41, 5.74) is 0.326. The van der Waals surface area contributed by atoms with E-state index in [1.807, 2.05) is 30.3 Å². The minimum absolute atomic E-state index is 0.0753. The molecule has 0 amide bonds. The largest absolute Gasteiger partial charge is 0.481 e. The van der Waals surface area contributed by atoms with Gasteiger partial charge in [0.15, 0.2) is 0 Å². The minimum Gasteiger partial charge on any atom is -0.481 e. The van der Waals surface area contributed by atoms with E-state index in [9.17, 15) is 15.0 Å². The fourth-order valence-corrected chi connectivity index (χ4v) is 2.63. The zero-order valence-corrected chi connectivity index (χ0v) is 10.5. The van der Waals surface area contributed by atoms with Gasteiger partial charge in [0.1, 0.15) is 0 Å². The number of hydrogen-bond donors (Lipinski definition) is 2. The normalized spacial score (nSPS) is 28.4. The molecule has 1 aliphatic rings. The molecule has 98 valence electrons. The number of aliphatic hydroxyl groups is 1. The highest BCUT2D eigenvalue weighted by Crippen LogP contribution is 2.36. The number of likely N-dealkylation sites (tertiary alicyclic amines) is 1. The Balaban J connectivity index is 2.08. The predicted molar refractivity (Wildman–Crippen MR) is 68.0 cm³/mol. The van der Waals surface area contributed by atoms with Gasteiger partial charge < -0.3 is 10.2 Å². The van der Waals surface area contributed by atoms with E-state index < -0.39 is 11.4 Å². The zero-order valence-electron chi connectivity index (χ0n) is 10.5. The van der Waals surface area contributed by atoms with Crippen molar-refractivity contribution in [3.63, 3.8) is 0 Å². The van der Waals surface area contributed by atoms with Gasteiger partial charge in [-0.05, 0) is 12.5 Å². The van der Waals surface area contributed by atoms with Gasteiger partial charge >= 0.3 is 5.97 Å². The number of hydrogen-bond acceptors (Lipinski definition) is 3. The highest BCUT2D eigenvalue weighted by atomic mass is 16.4. The lowest BCUT2D eigenvalue weighted by atomic mass is 9.80. The van der Waals surface area contributed by atoms with Crippen molar-refractivity contribution < 1.29 is 15.0 Å². The molecule has 1 heterocycles. The van der Waals surface area contributed by atoms with Crippen molar-refractivity contribution in [3.8, 4) is 0 Å².